The van der Waals surface area contributed by atoms with E-state index in [1.165, 1.54) is 11.8 Å². The van der Waals surface area contributed by atoms with Crippen molar-refractivity contribution < 1.29 is 14.4 Å². The number of imidazole rings is 1. The van der Waals surface area contributed by atoms with Gasteiger partial charge in [-0.3, -0.25) is 14.5 Å². The topological polar surface area (TPSA) is 87.5 Å². The molecule has 0 radical (unpaired) electrons. The van der Waals surface area contributed by atoms with Gasteiger partial charge < -0.3 is 14.8 Å². The molecule has 3 amide bonds. The number of anilines is 1. The molecule has 156 valence electrons. The summed E-state index contributed by atoms with van der Waals surface area (Å²) in [6.45, 7) is 13.3. The molecule has 2 rings (SSSR count). The van der Waals surface area contributed by atoms with Crippen molar-refractivity contribution in [1.29, 1.82) is 0 Å². The van der Waals surface area contributed by atoms with Crippen LogP contribution < -0.4 is 10.2 Å². The van der Waals surface area contributed by atoms with E-state index in [0.717, 1.165) is 11.4 Å². The molecule has 1 N–H and O–H groups in total. The quantitative estimate of drug-likeness (QED) is 0.855. The van der Waals surface area contributed by atoms with Crippen LogP contribution in [-0.4, -0.2) is 50.8 Å². The van der Waals surface area contributed by atoms with E-state index in [1.54, 1.807) is 24.2 Å². The summed E-state index contributed by atoms with van der Waals surface area (Å²) in [6.07, 6.45) is 3.33. The van der Waals surface area contributed by atoms with Gasteiger partial charge in [-0.15, -0.1) is 0 Å². The summed E-state index contributed by atoms with van der Waals surface area (Å²) in [5.74, 6) is 0.864. The fraction of sp³-hybridized carbons (Fsp3) is 0.600. The number of carbonyl (C=O) groups is 3. The monoisotopic (exact) mass is 391 g/mol. The van der Waals surface area contributed by atoms with Gasteiger partial charge in [-0.2, -0.15) is 0 Å². The molecule has 0 spiro atoms. The first-order valence-corrected chi connectivity index (χ1v) is 9.59. The van der Waals surface area contributed by atoms with E-state index in [4.69, 9.17) is 0 Å². The first-order valence-electron chi connectivity index (χ1n) is 9.59. The summed E-state index contributed by atoms with van der Waals surface area (Å²) < 4.78 is 1.83. The van der Waals surface area contributed by atoms with Crippen LogP contribution in [0.25, 0.3) is 0 Å². The molecular weight excluding hydrogens is 358 g/mol. The number of nitrogens with one attached hydrogen (secondary N) is 1. The molecule has 0 saturated carbocycles. The molecule has 0 aliphatic carbocycles. The zero-order valence-electron chi connectivity index (χ0n) is 18.3. The number of rotatable bonds is 4. The minimum absolute atomic E-state index is 0.0452. The van der Waals surface area contributed by atoms with Crippen LogP contribution in [0.2, 0.25) is 0 Å². The molecule has 1 aromatic heterocycles. The van der Waals surface area contributed by atoms with Crippen LogP contribution in [0.15, 0.2) is 18.0 Å². The Morgan fingerprint density at radius 1 is 1.25 bits per heavy atom. The van der Waals surface area contributed by atoms with Crippen molar-refractivity contribution in [1.82, 2.24) is 19.8 Å². The first kappa shape index (κ1) is 23.4. The van der Waals surface area contributed by atoms with Crippen LogP contribution in [0.4, 0.5) is 10.6 Å². The van der Waals surface area contributed by atoms with Crippen LogP contribution in [0, 0.1) is 6.92 Å². The molecule has 1 aliphatic heterocycles. The second-order valence-corrected chi connectivity index (χ2v) is 7.19. The van der Waals surface area contributed by atoms with Crippen LogP contribution >= 0.6 is 0 Å². The van der Waals surface area contributed by atoms with E-state index in [9.17, 15) is 14.4 Å². The summed E-state index contributed by atoms with van der Waals surface area (Å²) in [4.78, 5) is 45.1. The van der Waals surface area contributed by atoms with Gasteiger partial charge in [0.2, 0.25) is 0 Å². The molecule has 1 atom stereocenters. The lowest BCUT2D eigenvalue weighted by Crippen LogP contribution is -2.68. The second-order valence-electron chi connectivity index (χ2n) is 7.19. The second kappa shape index (κ2) is 9.52. The average molecular weight is 392 g/mol. The van der Waals surface area contributed by atoms with Crippen LogP contribution in [0.3, 0.4) is 0 Å². The number of nitrogens with zero attached hydrogens (tertiary/aromatic N) is 4. The molecule has 28 heavy (non-hydrogen) atoms. The van der Waals surface area contributed by atoms with Crippen molar-refractivity contribution in [2.75, 3.05) is 18.0 Å². The van der Waals surface area contributed by atoms with Gasteiger partial charge in [0, 0.05) is 39.0 Å². The SMILES string of the molecule is CC.CC(=O)CC1(C)C(=O)N(c2cn(C)c(C)n2)CCN1C(=O)NC=C(C)C. The number of amides is 3. The van der Waals surface area contributed by atoms with Crippen molar-refractivity contribution in [2.24, 2.45) is 7.05 Å². The number of piperazine rings is 1. The van der Waals surface area contributed by atoms with Gasteiger partial charge in [0.05, 0.1) is 0 Å². The van der Waals surface area contributed by atoms with Gasteiger partial charge in [-0.25, -0.2) is 9.78 Å². The molecule has 0 aromatic carbocycles. The fourth-order valence-electron chi connectivity index (χ4n) is 3.11. The number of aryl methyl sites for hydroxylation is 2. The molecule has 1 saturated heterocycles. The molecule has 1 unspecified atom stereocenters. The van der Waals surface area contributed by atoms with Crippen molar-refractivity contribution >= 4 is 23.5 Å². The highest BCUT2D eigenvalue weighted by Gasteiger charge is 2.49. The van der Waals surface area contributed by atoms with E-state index in [-0.39, 0.29) is 24.1 Å². The number of carbonyl (C=O) groups excluding carboxylic acids is 3. The van der Waals surface area contributed by atoms with Crippen LogP contribution in [0.5, 0.6) is 0 Å². The third-order valence-corrected chi connectivity index (χ3v) is 4.54. The Balaban J connectivity index is 0.00000190. The Kier molecular flexibility index (Phi) is 7.96. The number of Topliss-reactive ketones (excluding diaryl/α,β-unsaturated/α-hetero) is 1. The molecule has 1 aliphatic rings. The smallest absolute Gasteiger partial charge is 0.322 e. The molecule has 0 bridgehead atoms. The maximum absolute atomic E-state index is 13.2. The largest absolute Gasteiger partial charge is 0.336 e. The van der Waals surface area contributed by atoms with E-state index < -0.39 is 5.54 Å². The number of hydrogen-bond donors (Lipinski definition) is 1. The molecule has 2 heterocycles. The van der Waals surface area contributed by atoms with Gasteiger partial charge in [0.15, 0.2) is 5.82 Å². The standard InChI is InChI=1S/C18H27N5O3.C2H6/c1-12(2)10-19-17(26)23-8-7-22(15-11-21(6)14(4)20-15)16(25)18(23,5)9-13(3)24;1-2/h10-11H,7-9H2,1-6H3,(H,19,26);1-2H3. The Labute approximate surface area is 167 Å². The van der Waals surface area contributed by atoms with Gasteiger partial charge in [-0.1, -0.05) is 19.4 Å². The molecule has 8 heteroatoms. The summed E-state index contributed by atoms with van der Waals surface area (Å²) in [7, 11) is 1.86. The molecule has 1 aromatic rings. The Morgan fingerprint density at radius 2 is 1.86 bits per heavy atom. The predicted octanol–water partition coefficient (Wildman–Crippen LogP) is 2.77. The summed E-state index contributed by atoms with van der Waals surface area (Å²) in [5.41, 5.74) is -0.324. The number of urea groups is 1. The Hall–Kier alpha value is -2.64. The lowest BCUT2D eigenvalue weighted by atomic mass is 9.89. The van der Waals surface area contributed by atoms with Crippen molar-refractivity contribution in [3.8, 4) is 0 Å². The zero-order valence-corrected chi connectivity index (χ0v) is 18.3. The predicted molar refractivity (Wildman–Crippen MR) is 110 cm³/mol. The number of hydrogen-bond acceptors (Lipinski definition) is 4. The minimum Gasteiger partial charge on any atom is -0.336 e. The van der Waals surface area contributed by atoms with E-state index in [2.05, 4.69) is 10.3 Å². The fourth-order valence-corrected chi connectivity index (χ4v) is 3.11. The zero-order chi connectivity index (χ0) is 21.6. The van der Waals surface area contributed by atoms with E-state index >= 15 is 0 Å². The third-order valence-electron chi connectivity index (χ3n) is 4.54. The van der Waals surface area contributed by atoms with Gasteiger partial charge in [0.25, 0.3) is 5.91 Å². The molecule has 8 nitrogen and oxygen atoms in total. The Morgan fingerprint density at radius 3 is 2.32 bits per heavy atom. The third kappa shape index (κ3) is 4.99. The first-order chi connectivity index (χ1) is 13.1. The number of aromatic nitrogens is 2. The Bertz CT molecular complexity index is 744. The average Bonchev–Trinajstić information content (AvgIpc) is 2.95. The summed E-state index contributed by atoms with van der Waals surface area (Å²) in [5, 5.41) is 2.69. The normalized spacial score (nSPS) is 18.9. The highest BCUT2D eigenvalue weighted by molar-refractivity contribution is 6.05. The molecular formula is C20H33N5O3. The lowest BCUT2D eigenvalue weighted by Gasteiger charge is -2.46. The van der Waals surface area contributed by atoms with Crippen LogP contribution in [0.1, 0.15) is 53.8 Å². The van der Waals surface area contributed by atoms with Crippen molar-refractivity contribution in [3.05, 3.63) is 23.8 Å². The highest BCUT2D eigenvalue weighted by atomic mass is 16.2. The van der Waals surface area contributed by atoms with E-state index in [0.29, 0.717) is 18.9 Å². The molecule has 1 fully saturated rings. The number of ketones is 1. The van der Waals surface area contributed by atoms with Gasteiger partial charge in [0.1, 0.15) is 17.1 Å². The van der Waals surface area contributed by atoms with Crippen molar-refractivity contribution in [3.63, 3.8) is 0 Å². The van der Waals surface area contributed by atoms with Gasteiger partial charge in [-0.05, 0) is 34.6 Å². The highest BCUT2D eigenvalue weighted by Crippen LogP contribution is 2.30. The number of allylic oxidation sites excluding steroid dienone is 1. The van der Waals surface area contributed by atoms with Crippen molar-refractivity contribution in [2.45, 2.75) is 60.4 Å². The van der Waals surface area contributed by atoms with Gasteiger partial charge >= 0.3 is 6.03 Å². The maximum Gasteiger partial charge on any atom is 0.322 e. The maximum atomic E-state index is 13.2. The lowest BCUT2D eigenvalue weighted by molar-refractivity contribution is -0.135. The van der Waals surface area contributed by atoms with Crippen LogP contribution in [-0.2, 0) is 16.6 Å². The summed E-state index contributed by atoms with van der Waals surface area (Å²) >= 11 is 0. The summed E-state index contributed by atoms with van der Waals surface area (Å²) in [6, 6.07) is -0.389. The van der Waals surface area contributed by atoms with E-state index in [1.807, 2.05) is 46.2 Å². The minimum atomic E-state index is -1.25.